The van der Waals surface area contributed by atoms with Gasteiger partial charge in [0, 0.05) is 44.6 Å². The van der Waals surface area contributed by atoms with Gasteiger partial charge >= 0.3 is 0 Å². The predicted molar refractivity (Wildman–Crippen MR) is 275 cm³/mol. The number of primary amides is 1. The van der Waals surface area contributed by atoms with Gasteiger partial charge in [0.1, 0.15) is 47.8 Å². The molecule has 2 aromatic carbocycles. The molecule has 74 heavy (non-hydrogen) atoms. The van der Waals surface area contributed by atoms with E-state index in [0.29, 0.717) is 24.8 Å². The zero-order valence-electron chi connectivity index (χ0n) is 43.7. The van der Waals surface area contributed by atoms with Crippen LogP contribution in [0.1, 0.15) is 141 Å². The Bertz CT molecular complexity index is 2290. The van der Waals surface area contributed by atoms with Gasteiger partial charge in [0.2, 0.25) is 53.2 Å². The van der Waals surface area contributed by atoms with Gasteiger partial charge in [-0.25, -0.2) is 0 Å². The van der Waals surface area contributed by atoms with Crippen LogP contribution in [0, 0.1) is 0 Å². The predicted octanol–water partition coefficient (Wildman–Crippen LogP) is 2.32. The molecule has 0 aliphatic carbocycles. The lowest BCUT2D eigenvalue weighted by atomic mass is 9.93. The number of hydrogen-bond acceptors (Lipinski definition) is 12. The van der Waals surface area contributed by atoms with Gasteiger partial charge in [-0.15, -0.1) is 0 Å². The van der Waals surface area contributed by atoms with E-state index in [2.05, 4.69) is 33.5 Å². The van der Waals surface area contributed by atoms with Crippen LogP contribution in [-0.2, 0) is 49.6 Å². The monoisotopic (exact) mass is 1030 g/mol. The maximum absolute atomic E-state index is 14.2. The molecule has 2 heterocycles. The molecule has 1 saturated heterocycles. The fourth-order valence-corrected chi connectivity index (χ4v) is 9.25. The Morgan fingerprint density at radius 2 is 1.36 bits per heavy atom. The first-order valence-corrected chi connectivity index (χ1v) is 26.1. The third kappa shape index (κ3) is 17.4. The van der Waals surface area contributed by atoms with Crippen molar-refractivity contribution in [2.45, 2.75) is 166 Å². The summed E-state index contributed by atoms with van der Waals surface area (Å²) in [5, 5.41) is 44.8. The normalized spacial score (nSPS) is 18.4. The second-order valence-corrected chi connectivity index (χ2v) is 19.5. The number of likely N-dealkylation sites (N-methyl/N-ethyl adjacent to an activating group) is 2. The van der Waals surface area contributed by atoms with Crippen molar-refractivity contribution in [3.05, 3.63) is 47.5 Å². The summed E-state index contributed by atoms with van der Waals surface area (Å²) in [7, 11) is 2.69. The van der Waals surface area contributed by atoms with Crippen LogP contribution in [0.3, 0.4) is 0 Å². The van der Waals surface area contributed by atoms with Gasteiger partial charge in [0.15, 0.2) is 0 Å². The number of benzene rings is 2. The molecule has 6 atom stereocenters. The number of nitrogens with two attached hydrogens (primary N) is 1. The van der Waals surface area contributed by atoms with Gasteiger partial charge in [0.05, 0.1) is 19.7 Å². The lowest BCUT2D eigenvalue weighted by molar-refractivity contribution is -0.142. The quantitative estimate of drug-likeness (QED) is 0.0614. The number of likely N-dealkylation sites (tertiary alicyclic amines) is 1. The zero-order chi connectivity index (χ0) is 54.5. The lowest BCUT2D eigenvalue weighted by Crippen LogP contribution is -2.56. The zero-order valence-corrected chi connectivity index (χ0v) is 43.7. The number of aromatic hydroxyl groups is 2. The summed E-state index contributed by atoms with van der Waals surface area (Å²) >= 11 is 0. The van der Waals surface area contributed by atoms with Crippen molar-refractivity contribution in [3.8, 4) is 22.6 Å². The molecule has 1 fully saturated rings. The summed E-state index contributed by atoms with van der Waals surface area (Å²) in [4.78, 5) is 123. The van der Waals surface area contributed by atoms with E-state index in [1.165, 1.54) is 121 Å². The summed E-state index contributed by atoms with van der Waals surface area (Å²) < 4.78 is 0. The largest absolute Gasteiger partial charge is 0.507 e. The number of rotatable bonds is 26. The molecule has 0 radical (unpaired) electrons. The van der Waals surface area contributed by atoms with Crippen molar-refractivity contribution in [1.29, 1.82) is 0 Å². The summed E-state index contributed by atoms with van der Waals surface area (Å²) in [5.74, 6) is -7.03. The van der Waals surface area contributed by atoms with Crippen molar-refractivity contribution in [1.82, 2.24) is 41.3 Å². The van der Waals surface area contributed by atoms with Crippen LogP contribution in [0.4, 0.5) is 0 Å². The Balaban J connectivity index is 1.38. The summed E-state index contributed by atoms with van der Waals surface area (Å²) in [5.41, 5.74) is 6.12. The van der Waals surface area contributed by atoms with Crippen LogP contribution in [-0.4, -0.2) is 154 Å². The van der Waals surface area contributed by atoms with E-state index in [9.17, 15) is 58.5 Å². The van der Waals surface area contributed by atoms with Crippen molar-refractivity contribution in [2.75, 3.05) is 40.3 Å². The van der Waals surface area contributed by atoms with Crippen molar-refractivity contribution in [3.63, 3.8) is 0 Å². The Labute approximate surface area is 434 Å². The van der Waals surface area contributed by atoms with Crippen LogP contribution in [0.2, 0.25) is 0 Å². The topological polar surface area (TPSA) is 310 Å². The van der Waals surface area contributed by atoms with Crippen molar-refractivity contribution >= 4 is 53.2 Å². The summed E-state index contributed by atoms with van der Waals surface area (Å²) in [6.07, 6.45) is 16.0. The van der Waals surface area contributed by atoms with Gasteiger partial charge in [-0.1, -0.05) is 96.1 Å². The fourth-order valence-electron chi connectivity index (χ4n) is 9.25. The molecule has 1 unspecified atom stereocenters. The van der Waals surface area contributed by atoms with E-state index in [1.54, 1.807) is 0 Å². The third-order valence-electron chi connectivity index (χ3n) is 13.9. The number of fused-ring (bicyclic) bond motifs is 5. The van der Waals surface area contributed by atoms with Gasteiger partial charge in [-0.2, -0.15) is 0 Å². The molecule has 21 nitrogen and oxygen atoms in total. The van der Waals surface area contributed by atoms with Crippen LogP contribution in [0.5, 0.6) is 11.5 Å². The third-order valence-corrected chi connectivity index (χ3v) is 13.9. The van der Waals surface area contributed by atoms with E-state index < -0.39 is 103 Å². The SMILES string of the molecule is CCCCCCCCCCCCCCCC(=O)N(C)[C@H](CO)C(=O)N[C@H](C)C(=O)NCC(=O)N(C)[C@@H]1C(=O)N[C@@H](C)C(=O)N[C@H](C(=O)NCC(=O)N2CCCC2C(N)=O)Cc2ccc(O)c(c2)-c2cc1ccc2O. The van der Waals surface area contributed by atoms with E-state index in [1.807, 2.05) is 0 Å². The molecule has 2 aliphatic heterocycles. The van der Waals surface area contributed by atoms with Crippen molar-refractivity contribution < 1.29 is 58.5 Å². The van der Waals surface area contributed by atoms with E-state index >= 15 is 0 Å². The molecule has 4 rings (SSSR count). The maximum atomic E-state index is 14.2. The number of carbonyl (C=O) groups is 9. The maximum Gasteiger partial charge on any atom is 0.248 e. The average Bonchev–Trinajstić information content (AvgIpc) is 3.88. The molecule has 2 aromatic rings. The molecule has 0 aromatic heterocycles. The van der Waals surface area contributed by atoms with Crippen LogP contribution >= 0.6 is 0 Å². The van der Waals surface area contributed by atoms with E-state index in [-0.39, 0.29) is 53.5 Å². The molecule has 9 amide bonds. The number of carbonyl (C=O) groups excluding carboxylic acids is 9. The van der Waals surface area contributed by atoms with E-state index in [4.69, 9.17) is 5.73 Å². The number of phenols is 2. The molecule has 408 valence electrons. The Hall–Kier alpha value is -6.77. The minimum Gasteiger partial charge on any atom is -0.507 e. The standard InChI is InChI=1S/C53H79N9O12/c1-6-7-8-9-10-11-12-13-14-15-16-17-18-21-44(66)60(4)41(32-63)52(73)57-33(2)49(70)55-30-45(67)61(5)47-36-23-25-43(65)38(29-36)37-27-35(22-24-42(37)64)28-39(59-50(71)34(3)58-53(47)74)51(72)56-31-46(68)62-26-19-20-40(62)48(54)69/h22-25,27,29,33-34,39-41,47,63-65H,6-21,26,28,30-32H2,1-5H3,(H2,54,69)(H,55,70)(H,56,72)(H,57,73)(H,58,74)(H,59,71)/t33-,34+,39+,40?,41-,47+/m1/s1. The Morgan fingerprint density at radius 1 is 0.770 bits per heavy atom. The van der Waals surface area contributed by atoms with Gasteiger partial charge < -0.3 is 62.3 Å². The van der Waals surface area contributed by atoms with E-state index in [0.717, 1.165) is 35.5 Å². The first kappa shape index (κ1) is 59.8. The molecule has 0 saturated carbocycles. The first-order chi connectivity index (χ1) is 35.3. The minimum atomic E-state index is -1.52. The number of unbranched alkanes of at least 4 members (excludes halogenated alkanes) is 12. The molecular weight excluding hydrogens is 955 g/mol. The highest BCUT2D eigenvalue weighted by Crippen LogP contribution is 2.39. The van der Waals surface area contributed by atoms with Gasteiger partial charge in [0.25, 0.3) is 0 Å². The number of nitrogens with one attached hydrogen (secondary N) is 5. The number of amides is 9. The number of phenolic OH excluding ortho intramolecular Hbond substituents is 2. The number of aliphatic hydroxyl groups excluding tert-OH is 1. The second kappa shape index (κ2) is 29.8. The Kier molecular flexibility index (Phi) is 24.1. The summed E-state index contributed by atoms with van der Waals surface area (Å²) in [6, 6.07) is 0.794. The van der Waals surface area contributed by atoms with Crippen LogP contribution in [0.15, 0.2) is 36.4 Å². The number of nitrogens with zero attached hydrogens (tertiary/aromatic N) is 3. The van der Waals surface area contributed by atoms with Crippen LogP contribution in [0.25, 0.3) is 11.1 Å². The number of hydrogen-bond donors (Lipinski definition) is 9. The highest BCUT2D eigenvalue weighted by Gasteiger charge is 2.36. The highest BCUT2D eigenvalue weighted by molar-refractivity contribution is 5.97. The Morgan fingerprint density at radius 3 is 1.97 bits per heavy atom. The molecule has 10 N–H and O–H groups in total. The molecule has 21 heteroatoms. The minimum absolute atomic E-state index is 0.0434. The highest BCUT2D eigenvalue weighted by atomic mass is 16.3. The lowest BCUT2D eigenvalue weighted by Gasteiger charge is -2.30. The molecule has 4 bridgehead atoms. The fraction of sp³-hybridized carbons (Fsp3) is 0.604. The smallest absolute Gasteiger partial charge is 0.248 e. The molecule has 0 spiro atoms. The number of aliphatic hydroxyl groups is 1. The van der Waals surface area contributed by atoms with Gasteiger partial charge in [-0.05, 0) is 68.5 Å². The van der Waals surface area contributed by atoms with Crippen LogP contribution < -0.4 is 32.3 Å². The van der Waals surface area contributed by atoms with Gasteiger partial charge in [-0.3, -0.25) is 43.2 Å². The first-order valence-electron chi connectivity index (χ1n) is 26.1. The second-order valence-electron chi connectivity index (χ2n) is 19.5. The van der Waals surface area contributed by atoms with Crippen molar-refractivity contribution in [2.24, 2.45) is 5.73 Å². The molecular formula is C53H79N9O12. The summed E-state index contributed by atoms with van der Waals surface area (Å²) in [6.45, 7) is 3.31. The average molecular weight is 1030 g/mol. The molecule has 2 aliphatic rings.